The molecule has 1 N–H and O–H groups in total. The van der Waals surface area contributed by atoms with E-state index in [0.717, 1.165) is 5.56 Å². The minimum Gasteiger partial charge on any atom is -0.503 e. The standard InChI is InChI=1S/C19H22FN3O4/c1-27-19(26)22-10-8-21(9-11-22)13-15-6-7-23(18(25)17(15)24)12-14-2-4-16(20)5-3-14/h2-7,24H,8-13H2,1H3. The molecule has 1 amide bonds. The number of ether oxygens (including phenoxy) is 1. The van der Waals surface area contributed by atoms with Gasteiger partial charge in [0.05, 0.1) is 13.7 Å². The molecule has 0 bridgehead atoms. The van der Waals surface area contributed by atoms with Crippen molar-refractivity contribution in [2.24, 2.45) is 0 Å². The highest BCUT2D eigenvalue weighted by molar-refractivity contribution is 5.67. The van der Waals surface area contributed by atoms with Crippen molar-refractivity contribution >= 4 is 6.09 Å². The van der Waals surface area contributed by atoms with Crippen molar-refractivity contribution in [2.75, 3.05) is 33.3 Å². The molecule has 0 atom stereocenters. The highest BCUT2D eigenvalue weighted by Crippen LogP contribution is 2.16. The molecule has 144 valence electrons. The van der Waals surface area contributed by atoms with Crippen molar-refractivity contribution in [2.45, 2.75) is 13.1 Å². The number of amides is 1. The van der Waals surface area contributed by atoms with Gasteiger partial charge in [0, 0.05) is 44.5 Å². The van der Waals surface area contributed by atoms with Gasteiger partial charge in [0.1, 0.15) is 5.82 Å². The largest absolute Gasteiger partial charge is 0.503 e. The fraction of sp³-hybridized carbons (Fsp3) is 0.368. The van der Waals surface area contributed by atoms with Crippen LogP contribution in [0.2, 0.25) is 0 Å². The molecule has 1 aliphatic heterocycles. The Labute approximate surface area is 156 Å². The second kappa shape index (κ2) is 8.22. The first-order valence-corrected chi connectivity index (χ1v) is 8.69. The minimum atomic E-state index is -0.481. The number of aromatic hydroxyl groups is 1. The van der Waals surface area contributed by atoms with E-state index < -0.39 is 5.56 Å². The first-order valence-electron chi connectivity index (χ1n) is 8.69. The van der Waals surface area contributed by atoms with Gasteiger partial charge >= 0.3 is 6.09 Å². The lowest BCUT2D eigenvalue weighted by molar-refractivity contribution is 0.0885. The van der Waals surface area contributed by atoms with E-state index >= 15 is 0 Å². The quantitative estimate of drug-likeness (QED) is 0.879. The molecule has 2 heterocycles. The Morgan fingerprint density at radius 1 is 1.11 bits per heavy atom. The van der Waals surface area contributed by atoms with E-state index in [9.17, 15) is 19.1 Å². The zero-order valence-electron chi connectivity index (χ0n) is 15.1. The lowest BCUT2D eigenvalue weighted by Gasteiger charge is -2.33. The third-order valence-corrected chi connectivity index (χ3v) is 4.69. The maximum Gasteiger partial charge on any atom is 0.409 e. The van der Waals surface area contributed by atoms with E-state index in [2.05, 4.69) is 4.90 Å². The van der Waals surface area contributed by atoms with Crippen LogP contribution in [0.4, 0.5) is 9.18 Å². The predicted octanol–water partition coefficient (Wildman–Crippen LogP) is 1.63. The van der Waals surface area contributed by atoms with Gasteiger partial charge in [0.25, 0.3) is 5.56 Å². The highest BCUT2D eigenvalue weighted by Gasteiger charge is 2.22. The minimum absolute atomic E-state index is 0.255. The van der Waals surface area contributed by atoms with Gasteiger partial charge < -0.3 is 19.3 Å². The van der Waals surface area contributed by atoms with Gasteiger partial charge in [0.15, 0.2) is 5.75 Å². The van der Waals surface area contributed by atoms with Crippen molar-refractivity contribution in [3.8, 4) is 5.75 Å². The molecule has 3 rings (SSSR count). The molecule has 1 aliphatic rings. The molecule has 0 unspecified atom stereocenters. The van der Waals surface area contributed by atoms with Crippen molar-refractivity contribution in [3.63, 3.8) is 0 Å². The average Bonchev–Trinajstić information content (AvgIpc) is 2.69. The van der Waals surface area contributed by atoms with Crippen molar-refractivity contribution in [1.82, 2.24) is 14.4 Å². The zero-order chi connectivity index (χ0) is 19.4. The molecular weight excluding hydrogens is 353 g/mol. The van der Waals surface area contributed by atoms with Crippen molar-refractivity contribution in [1.29, 1.82) is 0 Å². The molecule has 1 aromatic carbocycles. The van der Waals surface area contributed by atoms with Crippen LogP contribution in [0, 0.1) is 5.82 Å². The van der Waals surface area contributed by atoms with Crippen LogP contribution in [0.1, 0.15) is 11.1 Å². The molecule has 8 heteroatoms. The summed E-state index contributed by atoms with van der Waals surface area (Å²) in [5, 5.41) is 10.3. The molecule has 2 aromatic rings. The maximum absolute atomic E-state index is 13.0. The molecule has 1 aromatic heterocycles. The van der Waals surface area contributed by atoms with E-state index in [-0.39, 0.29) is 24.2 Å². The van der Waals surface area contributed by atoms with E-state index in [1.54, 1.807) is 29.3 Å². The number of carbonyl (C=O) groups excluding carboxylic acids is 1. The first kappa shape index (κ1) is 18.9. The second-order valence-electron chi connectivity index (χ2n) is 6.48. The summed E-state index contributed by atoms with van der Waals surface area (Å²) in [5.74, 6) is -0.619. The molecule has 1 saturated heterocycles. The van der Waals surface area contributed by atoms with Crippen molar-refractivity contribution < 1.29 is 19.0 Å². The first-order chi connectivity index (χ1) is 13.0. The Kier molecular flexibility index (Phi) is 5.75. The topological polar surface area (TPSA) is 75.0 Å². The summed E-state index contributed by atoms with van der Waals surface area (Å²) in [5.41, 5.74) is 0.830. The van der Waals surface area contributed by atoms with Gasteiger partial charge in [-0.25, -0.2) is 9.18 Å². The molecule has 0 radical (unpaired) electrons. The summed E-state index contributed by atoms with van der Waals surface area (Å²) in [6.07, 6.45) is 1.28. The number of methoxy groups -OCH3 is 1. The van der Waals surface area contributed by atoms with Gasteiger partial charge in [-0.3, -0.25) is 9.69 Å². The van der Waals surface area contributed by atoms with E-state index in [1.165, 1.54) is 23.8 Å². The second-order valence-corrected chi connectivity index (χ2v) is 6.48. The fourth-order valence-electron chi connectivity index (χ4n) is 3.10. The Morgan fingerprint density at radius 2 is 1.78 bits per heavy atom. The van der Waals surface area contributed by atoms with Crippen LogP contribution in [0.3, 0.4) is 0 Å². The van der Waals surface area contributed by atoms with E-state index in [0.29, 0.717) is 38.3 Å². The molecule has 0 saturated carbocycles. The molecule has 0 aliphatic carbocycles. The van der Waals surface area contributed by atoms with Crippen molar-refractivity contribution in [3.05, 3.63) is 63.8 Å². The Hall–Kier alpha value is -2.87. The highest BCUT2D eigenvalue weighted by atomic mass is 19.1. The number of hydrogen-bond acceptors (Lipinski definition) is 5. The smallest absolute Gasteiger partial charge is 0.409 e. The monoisotopic (exact) mass is 375 g/mol. The summed E-state index contributed by atoms with van der Waals surface area (Å²) >= 11 is 0. The maximum atomic E-state index is 13.0. The number of halogens is 1. The summed E-state index contributed by atoms with van der Waals surface area (Å²) in [7, 11) is 1.35. The molecule has 27 heavy (non-hydrogen) atoms. The Morgan fingerprint density at radius 3 is 2.41 bits per heavy atom. The van der Waals surface area contributed by atoms with Crippen LogP contribution < -0.4 is 5.56 Å². The lowest BCUT2D eigenvalue weighted by Crippen LogP contribution is -2.48. The number of rotatable bonds is 4. The summed E-state index contributed by atoms with van der Waals surface area (Å²) in [6, 6.07) is 7.60. The van der Waals surface area contributed by atoms with Crippen LogP contribution in [0.25, 0.3) is 0 Å². The van der Waals surface area contributed by atoms with Gasteiger partial charge in [-0.1, -0.05) is 12.1 Å². The van der Waals surface area contributed by atoms with E-state index in [1.807, 2.05) is 0 Å². The van der Waals surface area contributed by atoms with Crippen LogP contribution in [-0.4, -0.2) is 58.9 Å². The number of piperazine rings is 1. The number of pyridine rings is 1. The number of benzene rings is 1. The van der Waals surface area contributed by atoms with Gasteiger partial charge in [0.2, 0.25) is 0 Å². The summed E-state index contributed by atoms with van der Waals surface area (Å²) < 4.78 is 19.1. The molecule has 7 nitrogen and oxygen atoms in total. The van der Waals surface area contributed by atoms with Gasteiger partial charge in [-0.05, 0) is 23.8 Å². The number of carbonyl (C=O) groups is 1. The van der Waals surface area contributed by atoms with Gasteiger partial charge in [-0.15, -0.1) is 0 Å². The third kappa shape index (κ3) is 4.46. The number of aromatic nitrogens is 1. The predicted molar refractivity (Wildman–Crippen MR) is 97.1 cm³/mol. The van der Waals surface area contributed by atoms with Crippen LogP contribution in [0.15, 0.2) is 41.3 Å². The fourth-order valence-corrected chi connectivity index (χ4v) is 3.10. The molecule has 0 spiro atoms. The number of nitrogens with zero attached hydrogens (tertiary/aromatic N) is 3. The average molecular weight is 375 g/mol. The van der Waals surface area contributed by atoms with Crippen LogP contribution >= 0.6 is 0 Å². The zero-order valence-corrected chi connectivity index (χ0v) is 15.1. The van der Waals surface area contributed by atoms with E-state index in [4.69, 9.17) is 4.74 Å². The summed E-state index contributed by atoms with van der Waals surface area (Å²) in [6.45, 7) is 3.02. The Bertz CT molecular complexity index is 858. The molecular formula is C19H22FN3O4. The SMILES string of the molecule is COC(=O)N1CCN(Cc2ccn(Cc3ccc(F)cc3)c(=O)c2O)CC1. The van der Waals surface area contributed by atoms with Gasteiger partial charge in [-0.2, -0.15) is 0 Å². The lowest BCUT2D eigenvalue weighted by atomic mass is 10.2. The summed E-state index contributed by atoms with van der Waals surface area (Å²) in [4.78, 5) is 27.6. The molecule has 1 fully saturated rings. The van der Waals surface area contributed by atoms with Crippen LogP contribution in [0.5, 0.6) is 5.75 Å². The number of hydrogen-bond donors (Lipinski definition) is 1. The Balaban J connectivity index is 1.66. The van der Waals surface area contributed by atoms with Crippen LogP contribution in [-0.2, 0) is 17.8 Å². The normalized spacial score (nSPS) is 15.0. The third-order valence-electron chi connectivity index (χ3n) is 4.69.